The number of carbonyl (C=O) groups is 1. The molecule has 1 heterocycles. The van der Waals surface area contributed by atoms with Crippen molar-refractivity contribution >= 4 is 17.3 Å². The minimum Gasteiger partial charge on any atom is -0.378 e. The lowest BCUT2D eigenvalue weighted by atomic mass is 10.0. The highest BCUT2D eigenvalue weighted by atomic mass is 16.6. The molecular formula is C22H34N2O2. The summed E-state index contributed by atoms with van der Waals surface area (Å²) in [6.07, 6.45) is 11.6. The monoisotopic (exact) mass is 358 g/mol. The minimum absolute atomic E-state index is 0.0375. The largest absolute Gasteiger partial charge is 0.378 e. The second-order valence-electron chi connectivity index (χ2n) is 7.60. The number of unbranched alkanes of at least 4 members (excludes halogenated alkanes) is 6. The Morgan fingerprint density at radius 2 is 1.77 bits per heavy atom. The van der Waals surface area contributed by atoms with Crippen molar-refractivity contribution in [2.45, 2.75) is 70.0 Å². The first-order valence-electron chi connectivity index (χ1n) is 9.85. The molecule has 0 aliphatic carbocycles. The Kier molecular flexibility index (Phi) is 7.70. The molecule has 0 unspecified atom stereocenters. The van der Waals surface area contributed by atoms with Crippen LogP contribution in [-0.2, 0) is 9.53 Å². The van der Waals surface area contributed by atoms with Gasteiger partial charge in [-0.05, 0) is 50.5 Å². The molecule has 4 nitrogen and oxygen atoms in total. The maximum Gasteiger partial charge on any atom is 0.259 e. The summed E-state index contributed by atoms with van der Waals surface area (Å²) in [4.78, 5) is 14.5. The standard InChI is InChI=1S/C22H34N2O2/c1-5-6-7-8-9-10-11-12-13-20-22(2,26-20)21(25)23-18-14-16-19(17-15-18)24(3)4/h5,14-17,20H,1,6-13H2,2-4H3,(H,23,25)/t20-,22+/m0/s1. The van der Waals surface area contributed by atoms with Gasteiger partial charge in [-0.3, -0.25) is 4.79 Å². The fraction of sp³-hybridized carbons (Fsp3) is 0.591. The van der Waals surface area contributed by atoms with Crippen molar-refractivity contribution in [1.82, 2.24) is 0 Å². The van der Waals surface area contributed by atoms with Gasteiger partial charge in [-0.15, -0.1) is 6.58 Å². The molecule has 1 N–H and O–H groups in total. The lowest BCUT2D eigenvalue weighted by Gasteiger charge is -2.13. The van der Waals surface area contributed by atoms with Gasteiger partial charge >= 0.3 is 0 Å². The molecule has 1 amide bonds. The molecule has 144 valence electrons. The van der Waals surface area contributed by atoms with Gasteiger partial charge < -0.3 is 15.0 Å². The number of anilines is 2. The first kappa shape index (κ1) is 20.5. The average Bonchev–Trinajstić information content (AvgIpc) is 3.29. The second-order valence-corrected chi connectivity index (χ2v) is 7.60. The summed E-state index contributed by atoms with van der Waals surface area (Å²) in [6.45, 7) is 5.65. The van der Waals surface area contributed by atoms with E-state index in [0.717, 1.165) is 30.6 Å². The zero-order valence-corrected chi connectivity index (χ0v) is 16.6. The topological polar surface area (TPSA) is 44.9 Å². The van der Waals surface area contributed by atoms with Gasteiger partial charge in [0.2, 0.25) is 0 Å². The number of benzene rings is 1. The van der Waals surface area contributed by atoms with Crippen LogP contribution in [0.15, 0.2) is 36.9 Å². The smallest absolute Gasteiger partial charge is 0.259 e. The van der Waals surface area contributed by atoms with Gasteiger partial charge in [0.05, 0.1) is 6.10 Å². The molecule has 2 atom stereocenters. The zero-order valence-electron chi connectivity index (χ0n) is 16.6. The van der Waals surface area contributed by atoms with E-state index in [2.05, 4.69) is 11.9 Å². The van der Waals surface area contributed by atoms with Crippen LogP contribution in [0.4, 0.5) is 11.4 Å². The van der Waals surface area contributed by atoms with Gasteiger partial charge in [0, 0.05) is 25.5 Å². The van der Waals surface area contributed by atoms with Gasteiger partial charge in [0.15, 0.2) is 5.60 Å². The van der Waals surface area contributed by atoms with Crippen LogP contribution in [0.25, 0.3) is 0 Å². The van der Waals surface area contributed by atoms with E-state index < -0.39 is 5.60 Å². The van der Waals surface area contributed by atoms with Crippen molar-refractivity contribution in [1.29, 1.82) is 0 Å². The summed E-state index contributed by atoms with van der Waals surface area (Å²) in [5, 5.41) is 2.98. The van der Waals surface area contributed by atoms with Crippen LogP contribution in [0.3, 0.4) is 0 Å². The Morgan fingerprint density at radius 3 is 2.38 bits per heavy atom. The molecule has 1 aliphatic heterocycles. The van der Waals surface area contributed by atoms with Crippen LogP contribution in [0, 0.1) is 0 Å². The average molecular weight is 359 g/mol. The molecule has 2 rings (SSSR count). The summed E-state index contributed by atoms with van der Waals surface area (Å²) >= 11 is 0. The van der Waals surface area contributed by atoms with E-state index in [-0.39, 0.29) is 12.0 Å². The molecule has 1 saturated heterocycles. The van der Waals surface area contributed by atoms with Crippen LogP contribution in [0.2, 0.25) is 0 Å². The highest BCUT2D eigenvalue weighted by Crippen LogP contribution is 2.40. The molecule has 4 heteroatoms. The lowest BCUT2D eigenvalue weighted by Crippen LogP contribution is -2.30. The number of hydrogen-bond donors (Lipinski definition) is 1. The molecule has 1 aromatic rings. The van der Waals surface area contributed by atoms with E-state index >= 15 is 0 Å². The number of amides is 1. The molecule has 1 aliphatic rings. The first-order valence-corrected chi connectivity index (χ1v) is 9.85. The summed E-state index contributed by atoms with van der Waals surface area (Å²) < 4.78 is 5.73. The second kappa shape index (κ2) is 9.77. The fourth-order valence-electron chi connectivity index (χ4n) is 3.22. The summed E-state index contributed by atoms with van der Waals surface area (Å²) in [5.41, 5.74) is 1.26. The van der Waals surface area contributed by atoms with Crippen LogP contribution in [-0.4, -0.2) is 31.7 Å². The molecule has 0 saturated carbocycles. The number of nitrogens with one attached hydrogen (secondary N) is 1. The quantitative estimate of drug-likeness (QED) is 0.319. The van der Waals surface area contributed by atoms with Gasteiger partial charge in [-0.2, -0.15) is 0 Å². The molecule has 0 bridgehead atoms. The Balaban J connectivity index is 1.64. The Hall–Kier alpha value is -1.81. The molecule has 0 spiro atoms. The van der Waals surface area contributed by atoms with E-state index in [1.807, 2.05) is 56.3 Å². The van der Waals surface area contributed by atoms with Gasteiger partial charge in [0.1, 0.15) is 0 Å². The van der Waals surface area contributed by atoms with Crippen molar-refractivity contribution in [3.8, 4) is 0 Å². The zero-order chi connectivity index (χ0) is 19.0. The lowest BCUT2D eigenvalue weighted by molar-refractivity contribution is -0.120. The van der Waals surface area contributed by atoms with Crippen molar-refractivity contribution in [3.05, 3.63) is 36.9 Å². The van der Waals surface area contributed by atoms with Gasteiger partial charge in [0.25, 0.3) is 5.91 Å². The predicted molar refractivity (Wildman–Crippen MR) is 110 cm³/mol. The first-order chi connectivity index (χ1) is 12.5. The SMILES string of the molecule is C=CCCCCCCCC[C@@H]1O[C@@]1(C)C(=O)Nc1ccc(N(C)C)cc1. The molecule has 1 fully saturated rings. The predicted octanol–water partition coefficient (Wildman–Crippen LogP) is 5.16. The molecule has 26 heavy (non-hydrogen) atoms. The van der Waals surface area contributed by atoms with Crippen LogP contribution >= 0.6 is 0 Å². The van der Waals surface area contributed by atoms with E-state index in [1.54, 1.807) is 0 Å². The van der Waals surface area contributed by atoms with Gasteiger partial charge in [-0.25, -0.2) is 0 Å². The maximum atomic E-state index is 12.5. The van der Waals surface area contributed by atoms with Gasteiger partial charge in [-0.1, -0.05) is 38.2 Å². The number of allylic oxidation sites excluding steroid dienone is 1. The number of carbonyl (C=O) groups excluding carboxylic acids is 1. The molecule has 0 radical (unpaired) electrons. The van der Waals surface area contributed by atoms with Crippen molar-refractivity contribution in [2.75, 3.05) is 24.3 Å². The van der Waals surface area contributed by atoms with E-state index in [4.69, 9.17) is 4.74 Å². The number of ether oxygens (including phenoxy) is 1. The summed E-state index contributed by atoms with van der Waals surface area (Å²) in [6, 6.07) is 7.86. The number of epoxide rings is 1. The van der Waals surface area contributed by atoms with Crippen LogP contribution in [0.1, 0.15) is 58.3 Å². The van der Waals surface area contributed by atoms with E-state index in [9.17, 15) is 4.79 Å². The molecule has 0 aromatic heterocycles. The van der Waals surface area contributed by atoms with Crippen molar-refractivity contribution in [3.63, 3.8) is 0 Å². The fourth-order valence-corrected chi connectivity index (χ4v) is 3.22. The normalized spacial score (nSPS) is 21.3. The molecule has 1 aromatic carbocycles. The van der Waals surface area contributed by atoms with E-state index in [1.165, 1.54) is 32.1 Å². The Labute approximate surface area is 158 Å². The number of rotatable bonds is 12. The number of nitrogens with zero attached hydrogens (tertiary/aromatic N) is 1. The highest BCUT2D eigenvalue weighted by Gasteiger charge is 2.57. The summed E-state index contributed by atoms with van der Waals surface area (Å²) in [5.74, 6) is -0.0375. The van der Waals surface area contributed by atoms with Crippen molar-refractivity contribution in [2.24, 2.45) is 0 Å². The third kappa shape index (κ3) is 5.87. The molecular weight excluding hydrogens is 324 g/mol. The Bertz CT molecular complexity index is 582. The third-order valence-electron chi connectivity index (χ3n) is 5.16. The van der Waals surface area contributed by atoms with Crippen molar-refractivity contribution < 1.29 is 9.53 Å². The number of hydrogen-bond acceptors (Lipinski definition) is 3. The van der Waals surface area contributed by atoms with Crippen LogP contribution < -0.4 is 10.2 Å². The Morgan fingerprint density at radius 1 is 1.15 bits per heavy atom. The minimum atomic E-state index is -0.663. The van der Waals surface area contributed by atoms with E-state index in [0.29, 0.717) is 0 Å². The third-order valence-corrected chi connectivity index (χ3v) is 5.16. The van der Waals surface area contributed by atoms with Crippen LogP contribution in [0.5, 0.6) is 0 Å². The maximum absolute atomic E-state index is 12.5. The highest BCUT2D eigenvalue weighted by molar-refractivity contribution is 5.99. The summed E-state index contributed by atoms with van der Waals surface area (Å²) in [7, 11) is 4.00.